The van der Waals surface area contributed by atoms with E-state index in [0.717, 1.165) is 11.3 Å². The van der Waals surface area contributed by atoms with E-state index in [4.69, 9.17) is 4.74 Å². The van der Waals surface area contributed by atoms with Gasteiger partial charge in [-0.2, -0.15) is 0 Å². The van der Waals surface area contributed by atoms with Crippen molar-refractivity contribution in [2.75, 3.05) is 26.1 Å². The van der Waals surface area contributed by atoms with E-state index in [9.17, 15) is 8.60 Å². The molecule has 3 rings (SSSR count). The lowest BCUT2D eigenvalue weighted by Gasteiger charge is -2.14. The predicted molar refractivity (Wildman–Crippen MR) is 104 cm³/mol. The standard InChI is InChI=1S/C21H20FNO2S/c1-23(2)17-7-11-19(12-8-17)26(24)21-13-6-16(22)14-20(21)15-4-9-18(25-3)10-5-15/h4-14H,1-3H3. The lowest BCUT2D eigenvalue weighted by molar-refractivity contribution is 0.415. The molecule has 0 aliphatic heterocycles. The van der Waals surface area contributed by atoms with Gasteiger partial charge >= 0.3 is 0 Å². The van der Waals surface area contributed by atoms with Gasteiger partial charge < -0.3 is 9.64 Å². The van der Waals surface area contributed by atoms with Crippen LogP contribution >= 0.6 is 0 Å². The Bertz CT molecular complexity index is 922. The summed E-state index contributed by atoms with van der Waals surface area (Å²) < 4.78 is 32.1. The number of hydrogen-bond acceptors (Lipinski definition) is 3. The summed E-state index contributed by atoms with van der Waals surface area (Å²) in [7, 11) is 4.08. The zero-order valence-corrected chi connectivity index (χ0v) is 15.7. The normalized spacial score (nSPS) is 11.8. The molecule has 1 atom stereocenters. The van der Waals surface area contributed by atoms with Crippen LogP contribution in [0.4, 0.5) is 10.1 Å². The van der Waals surface area contributed by atoms with Gasteiger partial charge in [-0.05, 0) is 60.2 Å². The molecule has 26 heavy (non-hydrogen) atoms. The molecule has 0 aliphatic carbocycles. The number of rotatable bonds is 5. The van der Waals surface area contributed by atoms with E-state index in [0.29, 0.717) is 21.1 Å². The molecule has 0 saturated carbocycles. The van der Waals surface area contributed by atoms with Gasteiger partial charge in [-0.3, -0.25) is 0 Å². The topological polar surface area (TPSA) is 29.5 Å². The maximum absolute atomic E-state index is 13.9. The van der Waals surface area contributed by atoms with E-state index in [1.807, 2.05) is 55.4 Å². The molecule has 0 saturated heterocycles. The van der Waals surface area contributed by atoms with Crippen molar-refractivity contribution in [2.45, 2.75) is 9.79 Å². The van der Waals surface area contributed by atoms with Crippen LogP contribution in [0.15, 0.2) is 76.5 Å². The van der Waals surface area contributed by atoms with Crippen molar-refractivity contribution in [1.82, 2.24) is 0 Å². The second-order valence-corrected chi connectivity index (χ2v) is 7.47. The fraction of sp³-hybridized carbons (Fsp3) is 0.143. The predicted octanol–water partition coefficient (Wildman–Crippen LogP) is 4.73. The Morgan fingerprint density at radius 1 is 0.923 bits per heavy atom. The van der Waals surface area contributed by atoms with Crippen molar-refractivity contribution in [2.24, 2.45) is 0 Å². The average Bonchev–Trinajstić information content (AvgIpc) is 2.67. The molecule has 3 aromatic rings. The minimum Gasteiger partial charge on any atom is -0.497 e. The summed E-state index contributed by atoms with van der Waals surface area (Å²) in [5, 5.41) is 0. The Hall–Kier alpha value is -2.66. The van der Waals surface area contributed by atoms with Crippen LogP contribution < -0.4 is 9.64 Å². The van der Waals surface area contributed by atoms with Gasteiger partial charge in [0.2, 0.25) is 0 Å². The third kappa shape index (κ3) is 3.78. The molecule has 0 spiro atoms. The van der Waals surface area contributed by atoms with Gasteiger partial charge in [-0.15, -0.1) is 0 Å². The minimum atomic E-state index is -1.41. The maximum Gasteiger partial charge on any atom is 0.123 e. The number of anilines is 1. The Kier molecular flexibility index (Phi) is 5.38. The first-order valence-electron chi connectivity index (χ1n) is 8.13. The molecule has 0 bridgehead atoms. The van der Waals surface area contributed by atoms with E-state index in [1.165, 1.54) is 12.1 Å². The monoisotopic (exact) mass is 369 g/mol. The molecule has 134 valence electrons. The third-order valence-corrected chi connectivity index (χ3v) is 5.57. The summed E-state index contributed by atoms with van der Waals surface area (Å²) >= 11 is 0. The Morgan fingerprint density at radius 2 is 1.58 bits per heavy atom. The highest BCUT2D eigenvalue weighted by atomic mass is 32.2. The quantitative estimate of drug-likeness (QED) is 0.651. The van der Waals surface area contributed by atoms with Crippen LogP contribution in [-0.4, -0.2) is 25.4 Å². The molecule has 0 aliphatic rings. The summed E-state index contributed by atoms with van der Waals surface area (Å²) in [6.07, 6.45) is 0. The van der Waals surface area contributed by atoms with Gasteiger partial charge in [0.1, 0.15) is 11.6 Å². The van der Waals surface area contributed by atoms with Crippen LogP contribution in [0.3, 0.4) is 0 Å². The van der Waals surface area contributed by atoms with E-state index in [2.05, 4.69) is 0 Å². The summed E-state index contributed by atoms with van der Waals surface area (Å²) in [5.41, 5.74) is 2.43. The summed E-state index contributed by atoms with van der Waals surface area (Å²) in [6.45, 7) is 0. The van der Waals surface area contributed by atoms with Gasteiger partial charge in [0, 0.05) is 30.2 Å². The van der Waals surface area contributed by atoms with E-state index in [1.54, 1.807) is 25.3 Å². The second-order valence-electron chi connectivity index (χ2n) is 6.03. The molecule has 0 fully saturated rings. The molecule has 3 nitrogen and oxygen atoms in total. The van der Waals surface area contributed by atoms with Crippen LogP contribution in [0.1, 0.15) is 0 Å². The largest absolute Gasteiger partial charge is 0.497 e. The molecular formula is C21H20FNO2S. The summed E-state index contributed by atoms with van der Waals surface area (Å²) in [6, 6.07) is 19.2. The number of halogens is 1. The van der Waals surface area contributed by atoms with Crippen LogP contribution in [0.5, 0.6) is 5.75 Å². The first kappa shape index (κ1) is 18.1. The molecular weight excluding hydrogens is 349 g/mol. The minimum absolute atomic E-state index is 0.362. The van der Waals surface area contributed by atoms with Gasteiger partial charge in [0.15, 0.2) is 0 Å². The number of nitrogens with zero attached hydrogens (tertiary/aromatic N) is 1. The molecule has 1 unspecified atom stereocenters. The fourth-order valence-electron chi connectivity index (χ4n) is 2.65. The number of methoxy groups -OCH3 is 1. The summed E-state index contributed by atoms with van der Waals surface area (Å²) in [5.74, 6) is 0.353. The molecule has 0 N–H and O–H groups in total. The maximum atomic E-state index is 13.9. The number of benzene rings is 3. The highest BCUT2D eigenvalue weighted by molar-refractivity contribution is 7.85. The fourth-order valence-corrected chi connectivity index (χ4v) is 3.86. The highest BCUT2D eigenvalue weighted by Gasteiger charge is 2.15. The Labute approximate surface area is 155 Å². The van der Waals surface area contributed by atoms with E-state index in [-0.39, 0.29) is 5.82 Å². The molecule has 5 heteroatoms. The zero-order valence-electron chi connectivity index (χ0n) is 14.9. The smallest absolute Gasteiger partial charge is 0.123 e. The Morgan fingerprint density at radius 3 is 2.15 bits per heavy atom. The van der Waals surface area contributed by atoms with Crippen molar-refractivity contribution in [3.05, 3.63) is 72.5 Å². The van der Waals surface area contributed by atoms with E-state index >= 15 is 0 Å². The Balaban J connectivity index is 2.02. The van der Waals surface area contributed by atoms with Crippen LogP contribution in [0.2, 0.25) is 0 Å². The van der Waals surface area contributed by atoms with Crippen molar-refractivity contribution >= 4 is 16.5 Å². The lowest BCUT2D eigenvalue weighted by Crippen LogP contribution is -2.08. The number of hydrogen-bond donors (Lipinski definition) is 0. The van der Waals surface area contributed by atoms with Crippen molar-refractivity contribution < 1.29 is 13.3 Å². The highest BCUT2D eigenvalue weighted by Crippen LogP contribution is 2.31. The lowest BCUT2D eigenvalue weighted by atomic mass is 10.1. The molecule has 0 radical (unpaired) electrons. The van der Waals surface area contributed by atoms with Gasteiger partial charge in [0.25, 0.3) is 0 Å². The van der Waals surface area contributed by atoms with Crippen LogP contribution in [-0.2, 0) is 10.8 Å². The van der Waals surface area contributed by atoms with Crippen molar-refractivity contribution in [1.29, 1.82) is 0 Å². The van der Waals surface area contributed by atoms with Gasteiger partial charge in [0.05, 0.1) is 22.8 Å². The molecule has 0 amide bonds. The summed E-state index contributed by atoms with van der Waals surface area (Å²) in [4.78, 5) is 3.24. The zero-order chi connectivity index (χ0) is 18.7. The first-order chi connectivity index (χ1) is 12.5. The van der Waals surface area contributed by atoms with Gasteiger partial charge in [-0.25, -0.2) is 8.60 Å². The first-order valence-corrected chi connectivity index (χ1v) is 9.27. The van der Waals surface area contributed by atoms with Crippen molar-refractivity contribution in [3.8, 4) is 16.9 Å². The molecule has 0 heterocycles. The van der Waals surface area contributed by atoms with E-state index < -0.39 is 10.8 Å². The second kappa shape index (κ2) is 7.70. The number of ether oxygens (including phenoxy) is 1. The third-order valence-electron chi connectivity index (χ3n) is 4.11. The van der Waals surface area contributed by atoms with Gasteiger partial charge in [-0.1, -0.05) is 12.1 Å². The van der Waals surface area contributed by atoms with Crippen LogP contribution in [0.25, 0.3) is 11.1 Å². The van der Waals surface area contributed by atoms with Crippen molar-refractivity contribution in [3.63, 3.8) is 0 Å². The SMILES string of the molecule is COc1ccc(-c2cc(F)ccc2S(=O)c2ccc(N(C)C)cc2)cc1. The van der Waals surface area contributed by atoms with Crippen LogP contribution in [0, 0.1) is 5.82 Å². The molecule has 3 aromatic carbocycles. The average molecular weight is 369 g/mol. The molecule has 0 aromatic heterocycles.